The first-order valence-electron chi connectivity index (χ1n) is 9.09. The van der Waals surface area contributed by atoms with Gasteiger partial charge >= 0.3 is 0 Å². The van der Waals surface area contributed by atoms with Gasteiger partial charge < -0.3 is 9.42 Å². The Hall–Kier alpha value is -3.03. The lowest BCUT2D eigenvalue weighted by molar-refractivity contribution is 0.0703. The summed E-state index contributed by atoms with van der Waals surface area (Å²) >= 11 is 0. The number of likely N-dealkylation sites (tertiary alicyclic amines) is 1. The van der Waals surface area contributed by atoms with Crippen LogP contribution in [0.25, 0.3) is 11.4 Å². The van der Waals surface area contributed by atoms with Crippen LogP contribution in [0.5, 0.6) is 0 Å². The standard InChI is InChI=1S/C19H22N6O2/c1-12-20-17(22-24(12)3)14-6-4-7-15(10-14)19(26)25-9-5-8-16(11-25)18-21-13(2)27-23-18/h4,6-7,10,16H,5,8-9,11H2,1-3H3/t16-/m1/s1. The summed E-state index contributed by atoms with van der Waals surface area (Å²) in [5, 5.41) is 8.43. The Kier molecular flexibility index (Phi) is 4.47. The van der Waals surface area contributed by atoms with Gasteiger partial charge in [-0.15, -0.1) is 0 Å². The maximum absolute atomic E-state index is 13.1. The summed E-state index contributed by atoms with van der Waals surface area (Å²) in [6, 6.07) is 7.49. The number of hydrogen-bond acceptors (Lipinski definition) is 6. The Balaban J connectivity index is 1.54. The molecule has 1 atom stereocenters. The lowest BCUT2D eigenvalue weighted by Crippen LogP contribution is -2.39. The Labute approximate surface area is 157 Å². The van der Waals surface area contributed by atoms with E-state index in [4.69, 9.17) is 4.52 Å². The van der Waals surface area contributed by atoms with Crippen molar-refractivity contribution < 1.29 is 9.32 Å². The van der Waals surface area contributed by atoms with Crippen molar-refractivity contribution in [3.8, 4) is 11.4 Å². The first-order chi connectivity index (χ1) is 13.0. The second kappa shape index (κ2) is 6.94. The summed E-state index contributed by atoms with van der Waals surface area (Å²) in [6.07, 6.45) is 1.88. The van der Waals surface area contributed by atoms with Gasteiger partial charge in [-0.3, -0.25) is 9.48 Å². The van der Waals surface area contributed by atoms with Crippen LogP contribution < -0.4 is 0 Å². The first kappa shape index (κ1) is 17.4. The minimum absolute atomic E-state index is 0.00872. The number of carbonyl (C=O) groups excluding carboxylic acids is 1. The van der Waals surface area contributed by atoms with Gasteiger partial charge in [0.2, 0.25) is 5.89 Å². The smallest absolute Gasteiger partial charge is 0.253 e. The average Bonchev–Trinajstić information content (AvgIpc) is 3.27. The molecule has 1 aromatic carbocycles. The molecule has 0 spiro atoms. The number of hydrogen-bond donors (Lipinski definition) is 0. The molecule has 0 unspecified atom stereocenters. The predicted octanol–water partition coefficient (Wildman–Crippen LogP) is 2.50. The van der Waals surface area contributed by atoms with E-state index in [0.717, 1.165) is 30.8 Å². The zero-order valence-electron chi connectivity index (χ0n) is 15.7. The van der Waals surface area contributed by atoms with E-state index in [1.54, 1.807) is 11.6 Å². The Morgan fingerprint density at radius 3 is 2.81 bits per heavy atom. The molecule has 0 aliphatic carbocycles. The Morgan fingerprint density at radius 1 is 1.26 bits per heavy atom. The molecule has 2 aromatic heterocycles. The van der Waals surface area contributed by atoms with Crippen molar-refractivity contribution in [2.24, 2.45) is 7.05 Å². The number of aromatic nitrogens is 5. The first-order valence-corrected chi connectivity index (χ1v) is 9.09. The van der Waals surface area contributed by atoms with Crippen LogP contribution in [0, 0.1) is 13.8 Å². The molecule has 1 aliphatic rings. The highest BCUT2D eigenvalue weighted by Gasteiger charge is 2.28. The topological polar surface area (TPSA) is 89.9 Å². The summed E-state index contributed by atoms with van der Waals surface area (Å²) in [7, 11) is 1.86. The summed E-state index contributed by atoms with van der Waals surface area (Å²) < 4.78 is 6.82. The number of rotatable bonds is 3. The third kappa shape index (κ3) is 3.47. The largest absolute Gasteiger partial charge is 0.340 e. The van der Waals surface area contributed by atoms with Crippen LogP contribution in [-0.4, -0.2) is 48.8 Å². The van der Waals surface area contributed by atoms with Gasteiger partial charge in [0.15, 0.2) is 11.6 Å². The van der Waals surface area contributed by atoms with Crippen LogP contribution in [0.3, 0.4) is 0 Å². The fourth-order valence-corrected chi connectivity index (χ4v) is 3.41. The van der Waals surface area contributed by atoms with E-state index >= 15 is 0 Å². The minimum atomic E-state index is 0.00872. The van der Waals surface area contributed by atoms with Crippen LogP contribution >= 0.6 is 0 Å². The highest BCUT2D eigenvalue weighted by molar-refractivity contribution is 5.95. The van der Waals surface area contributed by atoms with E-state index in [1.807, 2.05) is 43.1 Å². The number of nitrogens with zero attached hydrogens (tertiary/aromatic N) is 6. The van der Waals surface area contributed by atoms with Gasteiger partial charge in [0, 0.05) is 44.1 Å². The van der Waals surface area contributed by atoms with E-state index in [1.165, 1.54) is 0 Å². The van der Waals surface area contributed by atoms with E-state index in [0.29, 0.717) is 29.6 Å². The second-order valence-electron chi connectivity index (χ2n) is 6.95. The number of amides is 1. The summed E-state index contributed by atoms with van der Waals surface area (Å²) in [5.74, 6) is 2.82. The van der Waals surface area contributed by atoms with Crippen molar-refractivity contribution in [2.45, 2.75) is 32.6 Å². The van der Waals surface area contributed by atoms with Gasteiger partial charge in [0.25, 0.3) is 5.91 Å². The van der Waals surface area contributed by atoms with E-state index in [-0.39, 0.29) is 11.8 Å². The maximum Gasteiger partial charge on any atom is 0.253 e. The Morgan fingerprint density at radius 2 is 2.11 bits per heavy atom. The molecule has 0 bridgehead atoms. The lowest BCUT2D eigenvalue weighted by Gasteiger charge is -2.31. The quantitative estimate of drug-likeness (QED) is 0.707. The van der Waals surface area contributed by atoms with Crippen LogP contribution in [-0.2, 0) is 7.05 Å². The van der Waals surface area contributed by atoms with Crippen LogP contribution in [0.1, 0.15) is 46.7 Å². The van der Waals surface area contributed by atoms with Gasteiger partial charge in [0.1, 0.15) is 5.82 Å². The van der Waals surface area contributed by atoms with Crippen LogP contribution in [0.15, 0.2) is 28.8 Å². The fourth-order valence-electron chi connectivity index (χ4n) is 3.41. The van der Waals surface area contributed by atoms with E-state index in [9.17, 15) is 4.79 Å². The monoisotopic (exact) mass is 366 g/mol. The SMILES string of the molecule is Cc1nc([C@@H]2CCCN(C(=O)c3cccc(-c4nc(C)n(C)n4)c3)C2)no1. The zero-order valence-corrected chi connectivity index (χ0v) is 15.7. The second-order valence-corrected chi connectivity index (χ2v) is 6.95. The molecular weight excluding hydrogens is 344 g/mol. The van der Waals surface area contributed by atoms with Crippen molar-refractivity contribution in [1.82, 2.24) is 29.8 Å². The molecule has 3 aromatic rings. The third-order valence-corrected chi connectivity index (χ3v) is 4.97. The maximum atomic E-state index is 13.1. The van der Waals surface area contributed by atoms with Crippen molar-refractivity contribution in [3.05, 3.63) is 47.4 Å². The molecule has 1 amide bonds. The molecule has 0 N–H and O–H groups in total. The molecule has 0 radical (unpaired) electrons. The van der Waals surface area contributed by atoms with Gasteiger partial charge in [-0.05, 0) is 31.9 Å². The molecule has 1 fully saturated rings. The molecule has 8 nitrogen and oxygen atoms in total. The molecule has 1 saturated heterocycles. The molecule has 8 heteroatoms. The van der Waals surface area contributed by atoms with Crippen molar-refractivity contribution in [2.75, 3.05) is 13.1 Å². The van der Waals surface area contributed by atoms with Crippen molar-refractivity contribution >= 4 is 5.91 Å². The molecule has 1 aliphatic heterocycles. The minimum Gasteiger partial charge on any atom is -0.340 e. The number of carbonyl (C=O) groups is 1. The Bertz CT molecular complexity index is 957. The molecule has 27 heavy (non-hydrogen) atoms. The zero-order chi connectivity index (χ0) is 19.0. The summed E-state index contributed by atoms with van der Waals surface area (Å²) in [5.41, 5.74) is 1.48. The van der Waals surface area contributed by atoms with E-state index in [2.05, 4.69) is 20.2 Å². The van der Waals surface area contributed by atoms with Gasteiger partial charge in [-0.2, -0.15) is 10.1 Å². The lowest BCUT2D eigenvalue weighted by atomic mass is 9.96. The van der Waals surface area contributed by atoms with Crippen LogP contribution in [0.4, 0.5) is 0 Å². The van der Waals surface area contributed by atoms with Gasteiger partial charge in [0.05, 0.1) is 0 Å². The third-order valence-electron chi connectivity index (χ3n) is 4.97. The van der Waals surface area contributed by atoms with Gasteiger partial charge in [-0.25, -0.2) is 4.98 Å². The van der Waals surface area contributed by atoms with Crippen LogP contribution in [0.2, 0.25) is 0 Å². The molecular formula is C19H22N6O2. The van der Waals surface area contributed by atoms with Crippen molar-refractivity contribution in [1.29, 1.82) is 0 Å². The fraction of sp³-hybridized carbons (Fsp3) is 0.421. The highest BCUT2D eigenvalue weighted by Crippen LogP contribution is 2.26. The predicted molar refractivity (Wildman–Crippen MR) is 98.1 cm³/mol. The molecule has 4 rings (SSSR count). The van der Waals surface area contributed by atoms with E-state index < -0.39 is 0 Å². The van der Waals surface area contributed by atoms with Crippen molar-refractivity contribution in [3.63, 3.8) is 0 Å². The molecule has 140 valence electrons. The highest BCUT2D eigenvalue weighted by atomic mass is 16.5. The summed E-state index contributed by atoms with van der Waals surface area (Å²) in [4.78, 5) is 23.7. The molecule has 3 heterocycles. The normalized spacial score (nSPS) is 17.3. The number of piperidine rings is 1. The number of benzene rings is 1. The van der Waals surface area contributed by atoms with Gasteiger partial charge in [-0.1, -0.05) is 17.3 Å². The molecule has 0 saturated carbocycles. The average molecular weight is 366 g/mol. The summed E-state index contributed by atoms with van der Waals surface area (Å²) in [6.45, 7) is 5.01. The number of aryl methyl sites for hydroxylation is 3.